The Morgan fingerprint density at radius 3 is 2.58 bits per heavy atom. The highest BCUT2D eigenvalue weighted by molar-refractivity contribution is 5.84. The number of hydrogen-bond acceptors (Lipinski definition) is 2. The van der Waals surface area contributed by atoms with Crippen LogP contribution >= 0.6 is 0 Å². The summed E-state index contributed by atoms with van der Waals surface area (Å²) >= 11 is 0. The zero-order valence-corrected chi connectivity index (χ0v) is 15.7. The average molecular weight is 352 g/mol. The second-order valence-electron chi connectivity index (χ2n) is 9.36. The van der Waals surface area contributed by atoms with Crippen LogP contribution in [0.1, 0.15) is 62.5 Å². The predicted molar refractivity (Wildman–Crippen MR) is 99.7 cm³/mol. The first-order chi connectivity index (χ1) is 12.5. The van der Waals surface area contributed by atoms with Gasteiger partial charge in [-0.2, -0.15) is 0 Å². The van der Waals surface area contributed by atoms with Crippen molar-refractivity contribution >= 4 is 11.8 Å². The molecule has 2 aliphatic carbocycles. The zero-order valence-electron chi connectivity index (χ0n) is 15.7. The Kier molecular flexibility index (Phi) is 3.51. The van der Waals surface area contributed by atoms with Gasteiger partial charge < -0.3 is 10.2 Å². The number of carbonyl (C=O) groups is 2. The van der Waals surface area contributed by atoms with E-state index in [2.05, 4.69) is 48.3 Å². The molecule has 2 saturated carbocycles. The number of fused-ring (bicyclic) bond motifs is 1. The fraction of sp³-hybridized carbons (Fsp3) is 0.636. The highest BCUT2D eigenvalue weighted by Crippen LogP contribution is 2.59. The molecule has 1 aromatic carbocycles. The molecular formula is C22H28N2O2. The minimum atomic E-state index is -0.0418. The Labute approximate surface area is 155 Å². The molecule has 1 aromatic rings. The third kappa shape index (κ3) is 2.49. The number of rotatable bonds is 3. The van der Waals surface area contributed by atoms with E-state index in [-0.39, 0.29) is 17.4 Å². The highest BCUT2D eigenvalue weighted by Gasteiger charge is 2.59. The SMILES string of the molecule is CC(C)c1cccc([C@H]2[C@@H]3CN(C(=O)[C@H]4C[C@]5(CCC(=O)N5)C4)C[C@@H]32)c1. The van der Waals surface area contributed by atoms with Gasteiger partial charge in [0.1, 0.15) is 0 Å². The van der Waals surface area contributed by atoms with Crippen molar-refractivity contribution in [2.45, 2.75) is 56.9 Å². The molecule has 4 heteroatoms. The number of nitrogens with zero attached hydrogens (tertiary/aromatic N) is 1. The predicted octanol–water partition coefficient (Wildman–Crippen LogP) is 3.04. The van der Waals surface area contributed by atoms with E-state index in [1.807, 2.05) is 0 Å². The van der Waals surface area contributed by atoms with Gasteiger partial charge in [0.25, 0.3) is 0 Å². The summed E-state index contributed by atoms with van der Waals surface area (Å²) in [6.45, 7) is 6.34. The molecule has 2 amide bonds. The average Bonchev–Trinajstić information content (AvgIpc) is 2.94. The van der Waals surface area contributed by atoms with Crippen LogP contribution in [-0.2, 0) is 9.59 Å². The van der Waals surface area contributed by atoms with Crippen molar-refractivity contribution in [2.24, 2.45) is 17.8 Å². The van der Waals surface area contributed by atoms with Gasteiger partial charge in [-0.25, -0.2) is 0 Å². The number of piperidine rings is 1. The van der Waals surface area contributed by atoms with Crippen molar-refractivity contribution in [3.63, 3.8) is 0 Å². The van der Waals surface area contributed by atoms with Crippen LogP contribution in [0.4, 0.5) is 0 Å². The second kappa shape index (κ2) is 5.58. The maximum Gasteiger partial charge on any atom is 0.225 e. The summed E-state index contributed by atoms with van der Waals surface area (Å²) in [6.07, 6.45) is 3.24. The number of likely N-dealkylation sites (tertiary alicyclic amines) is 1. The standard InChI is InChI=1S/C22H28N2O2/c1-13(2)14-4-3-5-15(8-14)20-17-11-24(12-18(17)20)21(26)16-9-22(10-16)7-6-19(25)23-22/h3-5,8,13,16-18,20H,6-7,9-12H2,1-2H3,(H,23,25)/t16-,17-,18+,20+,22+. The molecule has 138 valence electrons. The van der Waals surface area contributed by atoms with Crippen LogP contribution < -0.4 is 5.32 Å². The van der Waals surface area contributed by atoms with Crippen molar-refractivity contribution < 1.29 is 9.59 Å². The van der Waals surface area contributed by atoms with Crippen molar-refractivity contribution in [3.05, 3.63) is 35.4 Å². The summed E-state index contributed by atoms with van der Waals surface area (Å²) in [5.74, 6) is 3.15. The third-order valence-electron chi connectivity index (χ3n) is 7.33. The van der Waals surface area contributed by atoms with Crippen LogP contribution in [-0.4, -0.2) is 35.3 Å². The lowest BCUT2D eigenvalue weighted by atomic mass is 9.67. The molecule has 2 aliphatic heterocycles. The molecule has 4 aliphatic rings. The topological polar surface area (TPSA) is 49.4 Å². The lowest BCUT2D eigenvalue weighted by Crippen LogP contribution is -2.56. The number of amides is 2. The Bertz CT molecular complexity index is 753. The summed E-state index contributed by atoms with van der Waals surface area (Å²) in [5, 5.41) is 3.09. The maximum atomic E-state index is 12.8. The number of hydrogen-bond donors (Lipinski definition) is 1. The molecule has 26 heavy (non-hydrogen) atoms. The van der Waals surface area contributed by atoms with Gasteiger partial charge in [-0.05, 0) is 54.1 Å². The fourth-order valence-corrected chi connectivity index (χ4v) is 5.72. The Morgan fingerprint density at radius 1 is 1.23 bits per heavy atom. The highest BCUT2D eigenvalue weighted by atomic mass is 16.2. The summed E-state index contributed by atoms with van der Waals surface area (Å²) in [6, 6.07) is 9.04. The second-order valence-corrected chi connectivity index (χ2v) is 9.36. The van der Waals surface area contributed by atoms with Crippen LogP contribution in [0.15, 0.2) is 24.3 Å². The molecule has 0 unspecified atom stereocenters. The molecule has 0 radical (unpaired) electrons. The minimum absolute atomic E-state index is 0.0418. The number of benzene rings is 1. The summed E-state index contributed by atoms with van der Waals surface area (Å²) in [7, 11) is 0. The van der Waals surface area contributed by atoms with Gasteiger partial charge in [-0.15, -0.1) is 0 Å². The van der Waals surface area contributed by atoms with Crippen LogP contribution in [0.3, 0.4) is 0 Å². The first-order valence-corrected chi connectivity index (χ1v) is 10.2. The van der Waals surface area contributed by atoms with E-state index in [1.54, 1.807) is 0 Å². The Morgan fingerprint density at radius 2 is 1.96 bits per heavy atom. The van der Waals surface area contributed by atoms with Gasteiger partial charge in [-0.3, -0.25) is 9.59 Å². The molecule has 5 rings (SSSR count). The molecule has 4 fully saturated rings. The van der Waals surface area contributed by atoms with Gasteiger partial charge in [0.05, 0.1) is 0 Å². The van der Waals surface area contributed by atoms with E-state index in [0.717, 1.165) is 32.4 Å². The first kappa shape index (κ1) is 16.3. The van der Waals surface area contributed by atoms with Gasteiger partial charge in [-0.1, -0.05) is 38.1 Å². The summed E-state index contributed by atoms with van der Waals surface area (Å²) in [4.78, 5) is 26.4. The largest absolute Gasteiger partial charge is 0.351 e. The molecule has 3 atom stereocenters. The van der Waals surface area contributed by atoms with E-state index < -0.39 is 0 Å². The van der Waals surface area contributed by atoms with Gasteiger partial charge >= 0.3 is 0 Å². The van der Waals surface area contributed by atoms with Gasteiger partial charge in [0.2, 0.25) is 11.8 Å². The minimum Gasteiger partial charge on any atom is -0.351 e. The van der Waals surface area contributed by atoms with Crippen molar-refractivity contribution in [1.29, 1.82) is 0 Å². The number of nitrogens with one attached hydrogen (secondary N) is 1. The van der Waals surface area contributed by atoms with Crippen LogP contribution in [0.2, 0.25) is 0 Å². The van der Waals surface area contributed by atoms with E-state index in [0.29, 0.717) is 36.0 Å². The molecular weight excluding hydrogens is 324 g/mol. The summed E-state index contributed by atoms with van der Waals surface area (Å²) < 4.78 is 0. The normalized spacial score (nSPS) is 37.7. The molecule has 2 heterocycles. The molecule has 1 N–H and O–H groups in total. The van der Waals surface area contributed by atoms with Crippen molar-refractivity contribution in [1.82, 2.24) is 10.2 Å². The Hall–Kier alpha value is -1.84. The molecule has 4 nitrogen and oxygen atoms in total. The lowest BCUT2D eigenvalue weighted by Gasteiger charge is -2.45. The quantitative estimate of drug-likeness (QED) is 0.909. The van der Waals surface area contributed by atoms with Gasteiger partial charge in [0, 0.05) is 31.0 Å². The van der Waals surface area contributed by atoms with Crippen molar-refractivity contribution in [3.8, 4) is 0 Å². The molecule has 1 spiro atoms. The molecule has 2 saturated heterocycles. The smallest absolute Gasteiger partial charge is 0.225 e. The van der Waals surface area contributed by atoms with Gasteiger partial charge in [0.15, 0.2) is 0 Å². The lowest BCUT2D eigenvalue weighted by molar-refractivity contribution is -0.141. The van der Waals surface area contributed by atoms with Crippen molar-refractivity contribution in [2.75, 3.05) is 13.1 Å². The van der Waals surface area contributed by atoms with E-state index in [1.165, 1.54) is 11.1 Å². The zero-order chi connectivity index (χ0) is 18.1. The van der Waals surface area contributed by atoms with E-state index in [4.69, 9.17) is 0 Å². The Balaban J connectivity index is 1.18. The third-order valence-corrected chi connectivity index (χ3v) is 7.33. The maximum absolute atomic E-state index is 12.8. The van der Waals surface area contributed by atoms with E-state index in [9.17, 15) is 9.59 Å². The molecule has 0 bridgehead atoms. The number of carbonyl (C=O) groups excluding carboxylic acids is 2. The van der Waals surface area contributed by atoms with Crippen LogP contribution in [0.5, 0.6) is 0 Å². The first-order valence-electron chi connectivity index (χ1n) is 10.2. The van der Waals surface area contributed by atoms with Crippen LogP contribution in [0.25, 0.3) is 0 Å². The van der Waals surface area contributed by atoms with E-state index >= 15 is 0 Å². The fourth-order valence-electron chi connectivity index (χ4n) is 5.72. The summed E-state index contributed by atoms with van der Waals surface area (Å²) in [5.41, 5.74) is 2.84. The molecule has 0 aromatic heterocycles. The van der Waals surface area contributed by atoms with Crippen LogP contribution in [0, 0.1) is 17.8 Å². The monoisotopic (exact) mass is 352 g/mol.